The SMILES string of the molecule is CC(C)CNCc1nnnn1Cc1ccc(Cl)s1. The Hall–Kier alpha value is -0.980. The van der Waals surface area contributed by atoms with Crippen LogP contribution in [0.5, 0.6) is 0 Å². The molecule has 18 heavy (non-hydrogen) atoms. The monoisotopic (exact) mass is 285 g/mol. The van der Waals surface area contributed by atoms with Crippen LogP contribution in [0.15, 0.2) is 12.1 Å². The summed E-state index contributed by atoms with van der Waals surface area (Å²) in [5, 5.41) is 15.1. The lowest BCUT2D eigenvalue weighted by Gasteiger charge is -2.07. The molecule has 0 unspecified atom stereocenters. The van der Waals surface area contributed by atoms with E-state index in [0.717, 1.165) is 21.6 Å². The van der Waals surface area contributed by atoms with E-state index >= 15 is 0 Å². The van der Waals surface area contributed by atoms with Gasteiger partial charge in [0.25, 0.3) is 0 Å². The average molecular weight is 286 g/mol. The number of hydrogen-bond donors (Lipinski definition) is 1. The van der Waals surface area contributed by atoms with Gasteiger partial charge in [-0.1, -0.05) is 25.4 Å². The van der Waals surface area contributed by atoms with Gasteiger partial charge in [-0.15, -0.1) is 16.4 Å². The first-order chi connectivity index (χ1) is 8.65. The second-order valence-corrected chi connectivity index (χ2v) is 6.28. The summed E-state index contributed by atoms with van der Waals surface area (Å²) in [6, 6.07) is 3.89. The first kappa shape index (κ1) is 13.5. The molecule has 0 aromatic carbocycles. The van der Waals surface area contributed by atoms with Crippen LogP contribution in [0.3, 0.4) is 0 Å². The van der Waals surface area contributed by atoms with Crippen molar-refractivity contribution in [3.05, 3.63) is 27.2 Å². The van der Waals surface area contributed by atoms with Crippen LogP contribution in [0.25, 0.3) is 0 Å². The summed E-state index contributed by atoms with van der Waals surface area (Å²) in [7, 11) is 0. The fourth-order valence-electron chi connectivity index (χ4n) is 1.53. The highest BCUT2D eigenvalue weighted by Gasteiger charge is 2.08. The van der Waals surface area contributed by atoms with Gasteiger partial charge in [0.05, 0.1) is 17.4 Å². The van der Waals surface area contributed by atoms with E-state index in [4.69, 9.17) is 11.6 Å². The molecular weight excluding hydrogens is 270 g/mol. The lowest BCUT2D eigenvalue weighted by Crippen LogP contribution is -2.21. The zero-order valence-corrected chi connectivity index (χ0v) is 12.0. The highest BCUT2D eigenvalue weighted by atomic mass is 35.5. The number of nitrogens with one attached hydrogen (secondary N) is 1. The minimum atomic E-state index is 0.616. The standard InChI is InChI=1S/C11H16ClN5S/c1-8(2)5-13-6-11-14-15-16-17(11)7-9-3-4-10(12)18-9/h3-4,8,13H,5-7H2,1-2H3. The summed E-state index contributed by atoms with van der Waals surface area (Å²) in [6.45, 7) is 6.65. The predicted octanol–water partition coefficient (Wildman–Crippen LogP) is 2.18. The van der Waals surface area contributed by atoms with E-state index in [0.29, 0.717) is 19.0 Å². The maximum absolute atomic E-state index is 5.90. The quantitative estimate of drug-likeness (QED) is 0.884. The van der Waals surface area contributed by atoms with Gasteiger partial charge >= 0.3 is 0 Å². The van der Waals surface area contributed by atoms with Crippen LogP contribution < -0.4 is 5.32 Å². The lowest BCUT2D eigenvalue weighted by molar-refractivity contribution is 0.524. The third-order valence-corrected chi connectivity index (χ3v) is 3.59. The van der Waals surface area contributed by atoms with Crippen LogP contribution in [0.2, 0.25) is 4.34 Å². The highest BCUT2D eigenvalue weighted by molar-refractivity contribution is 7.16. The second kappa shape index (κ2) is 6.26. The molecule has 0 saturated heterocycles. The fraction of sp³-hybridized carbons (Fsp3) is 0.545. The molecule has 5 nitrogen and oxygen atoms in total. The van der Waals surface area contributed by atoms with Crippen LogP contribution in [0.1, 0.15) is 24.5 Å². The van der Waals surface area contributed by atoms with Crippen LogP contribution in [-0.4, -0.2) is 26.8 Å². The molecule has 0 aliphatic carbocycles. The number of tetrazole rings is 1. The van der Waals surface area contributed by atoms with Crippen molar-refractivity contribution in [2.24, 2.45) is 5.92 Å². The van der Waals surface area contributed by atoms with E-state index in [2.05, 4.69) is 34.7 Å². The van der Waals surface area contributed by atoms with Crippen molar-refractivity contribution in [1.29, 1.82) is 0 Å². The van der Waals surface area contributed by atoms with Crippen LogP contribution in [0.4, 0.5) is 0 Å². The van der Waals surface area contributed by atoms with Gasteiger partial charge in [0, 0.05) is 4.88 Å². The molecule has 0 bridgehead atoms. The van der Waals surface area contributed by atoms with Crippen molar-refractivity contribution >= 4 is 22.9 Å². The van der Waals surface area contributed by atoms with Gasteiger partial charge in [-0.3, -0.25) is 0 Å². The summed E-state index contributed by atoms with van der Waals surface area (Å²) in [5.41, 5.74) is 0. The molecule has 1 N–H and O–H groups in total. The van der Waals surface area contributed by atoms with E-state index in [1.165, 1.54) is 0 Å². The number of aromatic nitrogens is 4. The number of nitrogens with zero attached hydrogens (tertiary/aromatic N) is 4. The molecule has 0 saturated carbocycles. The largest absolute Gasteiger partial charge is 0.310 e. The molecule has 2 heterocycles. The smallest absolute Gasteiger partial charge is 0.165 e. The molecule has 2 aromatic rings. The highest BCUT2D eigenvalue weighted by Crippen LogP contribution is 2.22. The molecule has 0 spiro atoms. The zero-order valence-electron chi connectivity index (χ0n) is 10.4. The van der Waals surface area contributed by atoms with Gasteiger partial charge in [-0.05, 0) is 35.0 Å². The van der Waals surface area contributed by atoms with Gasteiger partial charge in [0.2, 0.25) is 0 Å². The zero-order chi connectivity index (χ0) is 13.0. The van der Waals surface area contributed by atoms with Crippen LogP contribution in [-0.2, 0) is 13.1 Å². The Morgan fingerprint density at radius 1 is 1.44 bits per heavy atom. The van der Waals surface area contributed by atoms with Gasteiger partial charge in [0.15, 0.2) is 5.82 Å². The van der Waals surface area contributed by atoms with Gasteiger partial charge in [0.1, 0.15) is 0 Å². The minimum Gasteiger partial charge on any atom is -0.310 e. The predicted molar refractivity (Wildman–Crippen MR) is 72.8 cm³/mol. The van der Waals surface area contributed by atoms with E-state index in [1.54, 1.807) is 16.0 Å². The molecular formula is C11H16ClN5S. The Kier molecular flexibility index (Phi) is 4.68. The fourth-order valence-corrected chi connectivity index (χ4v) is 2.60. The molecule has 0 aliphatic rings. The summed E-state index contributed by atoms with van der Waals surface area (Å²) in [4.78, 5) is 1.15. The Bertz CT molecular complexity index is 493. The second-order valence-electron chi connectivity index (χ2n) is 4.48. The number of thiophene rings is 1. The van der Waals surface area contributed by atoms with E-state index in [1.807, 2.05) is 12.1 Å². The molecule has 98 valence electrons. The van der Waals surface area contributed by atoms with Crippen molar-refractivity contribution in [2.45, 2.75) is 26.9 Å². The molecule has 2 aromatic heterocycles. The lowest BCUT2D eigenvalue weighted by atomic mass is 10.2. The Balaban J connectivity index is 1.95. The summed E-state index contributed by atoms with van der Waals surface area (Å²) >= 11 is 7.46. The van der Waals surface area contributed by atoms with Gasteiger partial charge in [-0.2, -0.15) is 0 Å². The molecule has 7 heteroatoms. The van der Waals surface area contributed by atoms with E-state index in [9.17, 15) is 0 Å². The first-order valence-corrected chi connectivity index (χ1v) is 7.04. The maximum atomic E-state index is 5.90. The summed E-state index contributed by atoms with van der Waals surface area (Å²) in [5.74, 6) is 1.46. The number of hydrogen-bond acceptors (Lipinski definition) is 5. The van der Waals surface area contributed by atoms with Crippen LogP contribution in [0, 0.1) is 5.92 Å². The topological polar surface area (TPSA) is 55.6 Å². The summed E-state index contributed by atoms with van der Waals surface area (Å²) in [6.07, 6.45) is 0. The van der Waals surface area contributed by atoms with E-state index < -0.39 is 0 Å². The average Bonchev–Trinajstić information content (AvgIpc) is 2.89. The molecule has 0 fully saturated rings. The van der Waals surface area contributed by atoms with Gasteiger partial charge < -0.3 is 5.32 Å². The number of halogens is 1. The third-order valence-electron chi connectivity index (χ3n) is 2.38. The molecule has 2 rings (SSSR count). The van der Waals surface area contributed by atoms with Crippen molar-refractivity contribution in [3.63, 3.8) is 0 Å². The van der Waals surface area contributed by atoms with Gasteiger partial charge in [-0.25, -0.2) is 4.68 Å². The normalized spacial score (nSPS) is 11.3. The molecule has 0 radical (unpaired) electrons. The summed E-state index contributed by atoms with van der Waals surface area (Å²) < 4.78 is 2.59. The Morgan fingerprint density at radius 2 is 2.28 bits per heavy atom. The molecule has 0 atom stereocenters. The van der Waals surface area contributed by atoms with E-state index in [-0.39, 0.29) is 0 Å². The Labute approximate surface area is 115 Å². The van der Waals surface area contributed by atoms with Crippen LogP contribution >= 0.6 is 22.9 Å². The minimum absolute atomic E-state index is 0.616. The van der Waals surface area contributed by atoms with Crippen molar-refractivity contribution in [3.8, 4) is 0 Å². The van der Waals surface area contributed by atoms with Crippen molar-refractivity contribution < 1.29 is 0 Å². The first-order valence-electron chi connectivity index (χ1n) is 5.85. The Morgan fingerprint density at radius 3 is 2.94 bits per heavy atom. The van der Waals surface area contributed by atoms with Crippen molar-refractivity contribution in [2.75, 3.05) is 6.54 Å². The number of rotatable bonds is 6. The molecule has 0 amide bonds. The van der Waals surface area contributed by atoms with Crippen molar-refractivity contribution in [1.82, 2.24) is 25.5 Å². The third kappa shape index (κ3) is 3.76. The maximum Gasteiger partial charge on any atom is 0.165 e. The molecule has 0 aliphatic heterocycles.